The quantitative estimate of drug-likeness (QED) is 0.863. The Bertz CT molecular complexity index is 612. The molecule has 1 saturated heterocycles. The van der Waals surface area contributed by atoms with Gasteiger partial charge >= 0.3 is 0 Å². The molecular formula is C14H11ClFNO2S. The summed E-state index contributed by atoms with van der Waals surface area (Å²) < 4.78 is 19.3. The van der Waals surface area contributed by atoms with E-state index >= 15 is 0 Å². The summed E-state index contributed by atoms with van der Waals surface area (Å²) in [7, 11) is 0. The first-order chi connectivity index (χ1) is 9.66. The average Bonchev–Trinajstić information content (AvgIpc) is 3.03. The second-order valence-corrected chi connectivity index (χ2v) is 5.88. The summed E-state index contributed by atoms with van der Waals surface area (Å²) in [4.78, 5) is 13.6. The molecule has 0 spiro atoms. The number of amides is 1. The van der Waals surface area contributed by atoms with Gasteiger partial charge in [-0.1, -0.05) is 17.7 Å². The highest BCUT2D eigenvalue weighted by Crippen LogP contribution is 2.43. The van der Waals surface area contributed by atoms with Gasteiger partial charge in [-0.2, -0.15) is 0 Å². The molecule has 2 aromatic rings. The first-order valence-electron chi connectivity index (χ1n) is 6.04. The Morgan fingerprint density at radius 1 is 1.40 bits per heavy atom. The smallest absolute Gasteiger partial charge is 0.234 e. The number of rotatable bonds is 3. The number of hydrogen-bond donors (Lipinski definition) is 0. The molecule has 0 saturated carbocycles. The fraction of sp³-hybridized carbons (Fsp3) is 0.214. The SMILES string of the molecule is O=C1CSC(c2c(F)cccc2Cl)N1Cc1ccco1. The van der Waals surface area contributed by atoms with Crippen LogP contribution in [0.1, 0.15) is 16.7 Å². The second kappa shape index (κ2) is 5.50. The minimum Gasteiger partial charge on any atom is -0.467 e. The lowest BCUT2D eigenvalue weighted by Crippen LogP contribution is -2.28. The van der Waals surface area contributed by atoms with Crippen molar-refractivity contribution in [3.05, 3.63) is 58.8 Å². The maximum absolute atomic E-state index is 14.0. The van der Waals surface area contributed by atoms with Gasteiger partial charge in [-0.25, -0.2) is 4.39 Å². The first kappa shape index (κ1) is 13.5. The van der Waals surface area contributed by atoms with Crippen LogP contribution in [0.15, 0.2) is 41.0 Å². The Morgan fingerprint density at radius 2 is 2.25 bits per heavy atom. The standard InChI is InChI=1S/C14H11ClFNO2S/c15-10-4-1-5-11(16)13(10)14-17(12(18)8-20-14)7-9-3-2-6-19-9/h1-6,14H,7-8H2. The molecule has 20 heavy (non-hydrogen) atoms. The molecule has 2 heterocycles. The van der Waals surface area contributed by atoms with Crippen molar-refractivity contribution in [3.8, 4) is 0 Å². The molecule has 6 heteroatoms. The van der Waals surface area contributed by atoms with E-state index in [1.807, 2.05) is 0 Å². The number of halogens is 2. The summed E-state index contributed by atoms with van der Waals surface area (Å²) in [5, 5.41) is -0.0806. The van der Waals surface area contributed by atoms with Crippen molar-refractivity contribution in [2.45, 2.75) is 11.9 Å². The van der Waals surface area contributed by atoms with Crippen molar-refractivity contribution in [2.24, 2.45) is 0 Å². The van der Waals surface area contributed by atoms with Crippen LogP contribution in [0.3, 0.4) is 0 Å². The van der Waals surface area contributed by atoms with Crippen LogP contribution in [0.5, 0.6) is 0 Å². The van der Waals surface area contributed by atoms with Crippen LogP contribution in [0.25, 0.3) is 0 Å². The predicted molar refractivity (Wildman–Crippen MR) is 75.9 cm³/mol. The van der Waals surface area contributed by atoms with Crippen molar-refractivity contribution >= 4 is 29.3 Å². The Morgan fingerprint density at radius 3 is 2.95 bits per heavy atom. The number of thioether (sulfide) groups is 1. The zero-order chi connectivity index (χ0) is 14.1. The van der Waals surface area contributed by atoms with Crippen LogP contribution in [-0.4, -0.2) is 16.6 Å². The number of hydrogen-bond acceptors (Lipinski definition) is 3. The number of carbonyl (C=O) groups is 1. The van der Waals surface area contributed by atoms with Crippen LogP contribution in [-0.2, 0) is 11.3 Å². The van der Waals surface area contributed by atoms with Crippen LogP contribution in [0, 0.1) is 5.82 Å². The van der Waals surface area contributed by atoms with Gasteiger partial charge in [0.15, 0.2) is 0 Å². The Balaban J connectivity index is 1.93. The molecule has 1 aromatic heterocycles. The molecule has 3 nitrogen and oxygen atoms in total. The van der Waals surface area contributed by atoms with E-state index in [0.717, 1.165) is 0 Å². The highest BCUT2D eigenvalue weighted by Gasteiger charge is 2.36. The highest BCUT2D eigenvalue weighted by molar-refractivity contribution is 8.00. The lowest BCUT2D eigenvalue weighted by molar-refractivity contribution is -0.128. The first-order valence-corrected chi connectivity index (χ1v) is 7.47. The molecule has 1 aliphatic rings. The van der Waals surface area contributed by atoms with E-state index in [2.05, 4.69) is 0 Å². The van der Waals surface area contributed by atoms with Gasteiger partial charge in [-0.05, 0) is 24.3 Å². The fourth-order valence-electron chi connectivity index (χ4n) is 2.18. The molecule has 1 amide bonds. The van der Waals surface area contributed by atoms with E-state index in [1.165, 1.54) is 17.8 Å². The zero-order valence-corrected chi connectivity index (χ0v) is 12.0. The van der Waals surface area contributed by atoms with Crippen molar-refractivity contribution in [1.29, 1.82) is 0 Å². The van der Waals surface area contributed by atoms with Gasteiger partial charge in [0.05, 0.1) is 18.6 Å². The van der Waals surface area contributed by atoms with Gasteiger partial charge in [0.25, 0.3) is 0 Å². The van der Waals surface area contributed by atoms with Crippen LogP contribution in [0.2, 0.25) is 5.02 Å². The lowest BCUT2D eigenvalue weighted by Gasteiger charge is -2.24. The minimum atomic E-state index is -0.415. The summed E-state index contributed by atoms with van der Waals surface area (Å²) in [5.74, 6) is 0.541. The Kier molecular flexibility index (Phi) is 3.72. The number of furan rings is 1. The number of benzene rings is 1. The summed E-state index contributed by atoms with van der Waals surface area (Å²) >= 11 is 7.46. The molecule has 0 N–H and O–H groups in total. The van der Waals surface area contributed by atoms with Gasteiger partial charge in [0, 0.05) is 10.6 Å². The van der Waals surface area contributed by atoms with E-state index < -0.39 is 11.2 Å². The third-order valence-corrected chi connectivity index (χ3v) is 4.67. The van der Waals surface area contributed by atoms with Gasteiger partial charge in [0.1, 0.15) is 17.0 Å². The highest BCUT2D eigenvalue weighted by atomic mass is 35.5. The fourth-order valence-corrected chi connectivity index (χ4v) is 3.76. The number of nitrogens with zero attached hydrogens (tertiary/aromatic N) is 1. The lowest BCUT2D eigenvalue weighted by atomic mass is 10.2. The molecule has 1 fully saturated rings. The van der Waals surface area contributed by atoms with Gasteiger partial charge < -0.3 is 9.32 Å². The van der Waals surface area contributed by atoms with E-state index in [4.69, 9.17) is 16.0 Å². The molecule has 3 rings (SSSR count). The van der Waals surface area contributed by atoms with Crippen LogP contribution >= 0.6 is 23.4 Å². The topological polar surface area (TPSA) is 33.5 Å². The van der Waals surface area contributed by atoms with E-state index in [-0.39, 0.29) is 5.91 Å². The Labute approximate surface area is 124 Å². The van der Waals surface area contributed by atoms with E-state index in [9.17, 15) is 9.18 Å². The Hall–Kier alpha value is -1.46. The molecular weight excluding hydrogens is 301 g/mol. The molecule has 0 aliphatic carbocycles. The van der Waals surface area contributed by atoms with Gasteiger partial charge in [-0.3, -0.25) is 4.79 Å². The predicted octanol–water partition coefficient (Wildman–Crippen LogP) is 3.85. The monoisotopic (exact) mass is 311 g/mol. The van der Waals surface area contributed by atoms with E-state index in [1.54, 1.807) is 35.4 Å². The third-order valence-electron chi connectivity index (χ3n) is 3.12. The maximum Gasteiger partial charge on any atom is 0.234 e. The minimum absolute atomic E-state index is 0.0456. The summed E-state index contributed by atoms with van der Waals surface area (Å²) in [6.07, 6.45) is 1.55. The van der Waals surface area contributed by atoms with Crippen molar-refractivity contribution < 1.29 is 13.6 Å². The molecule has 104 valence electrons. The van der Waals surface area contributed by atoms with E-state index in [0.29, 0.717) is 28.6 Å². The maximum atomic E-state index is 14.0. The molecule has 0 bridgehead atoms. The second-order valence-electron chi connectivity index (χ2n) is 4.40. The van der Waals surface area contributed by atoms with Crippen molar-refractivity contribution in [1.82, 2.24) is 4.90 Å². The van der Waals surface area contributed by atoms with Crippen molar-refractivity contribution in [3.63, 3.8) is 0 Å². The van der Waals surface area contributed by atoms with Gasteiger partial charge in [0.2, 0.25) is 5.91 Å². The molecule has 1 aromatic carbocycles. The average molecular weight is 312 g/mol. The zero-order valence-electron chi connectivity index (χ0n) is 10.4. The van der Waals surface area contributed by atoms with Crippen LogP contribution < -0.4 is 0 Å². The molecule has 0 radical (unpaired) electrons. The van der Waals surface area contributed by atoms with Crippen LogP contribution in [0.4, 0.5) is 4.39 Å². The summed E-state index contributed by atoms with van der Waals surface area (Å²) in [6, 6.07) is 8.09. The largest absolute Gasteiger partial charge is 0.467 e. The van der Waals surface area contributed by atoms with Gasteiger partial charge in [-0.15, -0.1) is 11.8 Å². The molecule has 1 atom stereocenters. The normalized spacial score (nSPS) is 18.8. The number of carbonyl (C=O) groups excluding carboxylic acids is 1. The summed E-state index contributed by atoms with van der Waals surface area (Å²) in [6.45, 7) is 0.314. The third kappa shape index (κ3) is 2.43. The molecule has 1 unspecified atom stereocenters. The molecule has 1 aliphatic heterocycles. The van der Waals surface area contributed by atoms with Crippen molar-refractivity contribution in [2.75, 3.05) is 5.75 Å². The summed E-state index contributed by atoms with van der Waals surface area (Å²) in [5.41, 5.74) is 0.358.